The number of anilines is 1. The van der Waals surface area contributed by atoms with Gasteiger partial charge >= 0.3 is 6.01 Å². The Morgan fingerprint density at radius 3 is 2.78 bits per heavy atom. The van der Waals surface area contributed by atoms with Crippen LogP contribution in [0.15, 0.2) is 24.3 Å². The molecule has 1 N–H and O–H groups in total. The number of alkyl halides is 1. The van der Waals surface area contributed by atoms with E-state index in [-0.39, 0.29) is 58.0 Å². The van der Waals surface area contributed by atoms with E-state index in [1.807, 2.05) is 0 Å². The van der Waals surface area contributed by atoms with Crippen LogP contribution in [-0.2, 0) is 4.74 Å². The first kappa shape index (κ1) is 27.9. The molecule has 4 aromatic rings. The van der Waals surface area contributed by atoms with E-state index < -0.39 is 28.9 Å². The van der Waals surface area contributed by atoms with Crippen LogP contribution in [0.25, 0.3) is 32.9 Å². The van der Waals surface area contributed by atoms with Crippen LogP contribution in [0.3, 0.4) is 0 Å². The topological polar surface area (TPSA) is 93.1 Å². The lowest BCUT2D eigenvalue weighted by atomic mass is 9.90. The fraction of sp³-hybridized carbons (Fsp3) is 0.441. The molecule has 46 heavy (non-hydrogen) atoms. The van der Waals surface area contributed by atoms with Crippen molar-refractivity contribution >= 4 is 27.5 Å². The first-order valence-electron chi connectivity index (χ1n) is 15.7. The largest absolute Gasteiger partial charge is 0.508 e. The highest BCUT2D eigenvalue weighted by atomic mass is 19.1. The van der Waals surface area contributed by atoms with E-state index in [1.54, 1.807) is 0 Å². The number of benzene rings is 2. The van der Waals surface area contributed by atoms with Gasteiger partial charge in [0.2, 0.25) is 5.88 Å². The fourth-order valence-electron chi connectivity index (χ4n) is 8.41. The van der Waals surface area contributed by atoms with Crippen LogP contribution in [0.4, 0.5) is 19.0 Å². The maximum atomic E-state index is 17.0. The van der Waals surface area contributed by atoms with Gasteiger partial charge in [0.15, 0.2) is 11.4 Å². The van der Waals surface area contributed by atoms with E-state index in [1.165, 1.54) is 24.3 Å². The van der Waals surface area contributed by atoms with Gasteiger partial charge in [0.1, 0.15) is 46.8 Å². The highest BCUT2D eigenvalue weighted by molar-refractivity contribution is 6.04. The zero-order valence-corrected chi connectivity index (χ0v) is 24.9. The normalized spacial score (nSPS) is 26.1. The molecule has 3 atom stereocenters. The Balaban J connectivity index is 1.27. The molecule has 236 valence electrons. The number of nitrogens with zero attached hydrogens (tertiary/aromatic N) is 5. The molecule has 2 aromatic carbocycles. The molecule has 5 aliphatic rings. The molecule has 1 spiro atoms. The number of hydrogen-bond acceptors (Lipinski definition) is 9. The van der Waals surface area contributed by atoms with Gasteiger partial charge in [0.25, 0.3) is 0 Å². The lowest BCUT2D eigenvalue weighted by molar-refractivity contribution is -0.172. The maximum absolute atomic E-state index is 17.0. The van der Waals surface area contributed by atoms with Crippen LogP contribution in [0.1, 0.15) is 37.7 Å². The van der Waals surface area contributed by atoms with Gasteiger partial charge in [0, 0.05) is 30.5 Å². The molecule has 0 amide bonds. The van der Waals surface area contributed by atoms with Crippen molar-refractivity contribution in [2.24, 2.45) is 0 Å². The van der Waals surface area contributed by atoms with Crippen LogP contribution in [0, 0.1) is 24.0 Å². The van der Waals surface area contributed by atoms with Crippen molar-refractivity contribution in [2.75, 3.05) is 44.4 Å². The van der Waals surface area contributed by atoms with Crippen LogP contribution in [-0.4, -0.2) is 87.8 Å². The van der Waals surface area contributed by atoms with Crippen LogP contribution >= 0.6 is 0 Å². The summed E-state index contributed by atoms with van der Waals surface area (Å²) >= 11 is 0. The summed E-state index contributed by atoms with van der Waals surface area (Å²) in [6, 6.07) is 5.28. The highest BCUT2D eigenvalue weighted by Crippen LogP contribution is 2.49. The summed E-state index contributed by atoms with van der Waals surface area (Å²) in [6.45, 7) is 2.64. The third kappa shape index (κ3) is 3.88. The second-order valence-corrected chi connectivity index (χ2v) is 13.2. The molecule has 9 nitrogen and oxygen atoms in total. The first-order chi connectivity index (χ1) is 22.3. The lowest BCUT2D eigenvalue weighted by Crippen LogP contribution is -2.65. The minimum Gasteiger partial charge on any atom is -0.508 e. The number of phenols is 1. The molecule has 7 heterocycles. The summed E-state index contributed by atoms with van der Waals surface area (Å²) in [5.41, 5.74) is -1.49. The van der Waals surface area contributed by atoms with Gasteiger partial charge in [-0.1, -0.05) is 12.0 Å². The van der Waals surface area contributed by atoms with Gasteiger partial charge in [-0.05, 0) is 55.8 Å². The van der Waals surface area contributed by atoms with Gasteiger partial charge < -0.3 is 24.2 Å². The quantitative estimate of drug-likeness (QED) is 0.317. The Hall–Kier alpha value is -4.34. The van der Waals surface area contributed by atoms with Crippen molar-refractivity contribution in [3.05, 3.63) is 41.5 Å². The molecule has 2 aromatic heterocycles. The SMILES string of the molecule is C#Cc1c(F)ccc2cc(O)cc(-c3nc4c5c(nc(OC[C@@]67CCCN6C[C@H](F)C7)nc5c3F)N3CCC[C@H]3C3(COC3)O4)c12. The minimum absolute atomic E-state index is 0.0318. The molecule has 0 aliphatic carbocycles. The van der Waals surface area contributed by atoms with Crippen LogP contribution in [0.2, 0.25) is 0 Å². The number of phenolic OH excluding ortho intramolecular Hbond substituents is 1. The summed E-state index contributed by atoms with van der Waals surface area (Å²) < 4.78 is 65.1. The van der Waals surface area contributed by atoms with Gasteiger partial charge in [-0.3, -0.25) is 4.90 Å². The Morgan fingerprint density at radius 1 is 1.11 bits per heavy atom. The van der Waals surface area contributed by atoms with Crippen LogP contribution < -0.4 is 14.4 Å². The number of aromatic hydroxyl groups is 1. The second kappa shape index (κ2) is 9.83. The predicted molar refractivity (Wildman–Crippen MR) is 163 cm³/mol. The number of ether oxygens (including phenoxy) is 3. The molecule has 4 fully saturated rings. The second-order valence-electron chi connectivity index (χ2n) is 13.2. The molecule has 12 heteroatoms. The minimum atomic E-state index is -0.932. The lowest BCUT2D eigenvalue weighted by Gasteiger charge is -2.46. The first-order valence-corrected chi connectivity index (χ1v) is 15.7. The van der Waals surface area contributed by atoms with E-state index in [2.05, 4.69) is 20.7 Å². The summed E-state index contributed by atoms with van der Waals surface area (Å²) in [5.74, 6) is 1.28. The van der Waals surface area contributed by atoms with Gasteiger partial charge in [0.05, 0.1) is 30.4 Å². The number of halogens is 3. The van der Waals surface area contributed by atoms with Crippen molar-refractivity contribution in [1.29, 1.82) is 0 Å². The number of pyridine rings is 1. The standard InChI is InChI=1S/C34H30F3N5O4/c1-2-21-23(36)7-6-18-11-20(43)12-22(25(18)21)28-27(37)29-26-30(42-10-3-5-24(42)34(16-44-17-34)46-31(26)38-28)40-32(39-29)45-15-33-8-4-9-41(33)14-19(35)13-33/h1,6-7,11-12,19,24,43H,3-5,8-10,13-17H2/t19-,24+,33+/m1/s1. The Labute approximate surface area is 262 Å². The zero-order valence-electron chi connectivity index (χ0n) is 24.9. The van der Waals surface area contributed by atoms with Gasteiger partial charge in [-0.25, -0.2) is 18.2 Å². The number of fused-ring (bicyclic) bond motifs is 5. The molecule has 5 aliphatic heterocycles. The van der Waals surface area contributed by atoms with Gasteiger partial charge in [-0.15, -0.1) is 6.42 Å². The molecule has 4 saturated heterocycles. The number of rotatable bonds is 4. The Morgan fingerprint density at radius 2 is 1.98 bits per heavy atom. The van der Waals surface area contributed by atoms with E-state index in [0.29, 0.717) is 49.3 Å². The van der Waals surface area contributed by atoms with Gasteiger partial charge in [-0.2, -0.15) is 9.97 Å². The van der Waals surface area contributed by atoms with E-state index in [0.717, 1.165) is 32.2 Å². The van der Waals surface area contributed by atoms with E-state index in [4.69, 9.17) is 30.6 Å². The number of terminal acetylenes is 1. The van der Waals surface area contributed by atoms with Crippen molar-refractivity contribution in [3.63, 3.8) is 0 Å². The smallest absolute Gasteiger partial charge is 0.319 e. The fourth-order valence-corrected chi connectivity index (χ4v) is 8.41. The summed E-state index contributed by atoms with van der Waals surface area (Å²) in [4.78, 5) is 18.4. The number of hydrogen-bond donors (Lipinski definition) is 1. The monoisotopic (exact) mass is 629 g/mol. The van der Waals surface area contributed by atoms with E-state index >= 15 is 4.39 Å². The molecule has 0 bridgehead atoms. The van der Waals surface area contributed by atoms with E-state index in [9.17, 15) is 13.9 Å². The van der Waals surface area contributed by atoms with Crippen molar-refractivity contribution in [2.45, 2.75) is 55.5 Å². The molecule has 0 unspecified atom stereocenters. The molecule has 0 radical (unpaired) electrons. The number of aromatic nitrogens is 3. The Kier molecular flexibility index (Phi) is 5.97. The maximum Gasteiger partial charge on any atom is 0.319 e. The summed E-state index contributed by atoms with van der Waals surface area (Å²) in [5, 5.41) is 11.6. The molecular formula is C34H30F3N5O4. The average molecular weight is 630 g/mol. The summed E-state index contributed by atoms with van der Waals surface area (Å²) in [6.07, 6.45) is 8.59. The molecular weight excluding hydrogens is 599 g/mol. The van der Waals surface area contributed by atoms with Crippen molar-refractivity contribution in [1.82, 2.24) is 19.9 Å². The zero-order chi connectivity index (χ0) is 31.4. The Bertz CT molecular complexity index is 2000. The average Bonchev–Trinajstić information content (AvgIpc) is 3.71. The highest BCUT2D eigenvalue weighted by Gasteiger charge is 2.55. The third-order valence-electron chi connectivity index (χ3n) is 10.5. The predicted octanol–water partition coefficient (Wildman–Crippen LogP) is 4.90. The van der Waals surface area contributed by atoms with Crippen molar-refractivity contribution in [3.8, 4) is 41.2 Å². The molecule has 0 saturated carbocycles. The third-order valence-corrected chi connectivity index (χ3v) is 10.5. The van der Waals surface area contributed by atoms with Crippen molar-refractivity contribution < 1.29 is 32.5 Å². The molecule has 9 rings (SSSR count). The van der Waals surface area contributed by atoms with Crippen LogP contribution in [0.5, 0.6) is 17.6 Å². The summed E-state index contributed by atoms with van der Waals surface area (Å²) in [7, 11) is 0.